The topological polar surface area (TPSA) is 33.1 Å². The fourth-order valence-electron chi connectivity index (χ4n) is 1.30. The van der Waals surface area contributed by atoms with E-state index in [1.165, 1.54) is 0 Å². The van der Waals surface area contributed by atoms with Crippen molar-refractivity contribution in [3.63, 3.8) is 0 Å². The number of aromatic nitrogens is 1. The molecule has 0 spiro atoms. The van der Waals surface area contributed by atoms with Gasteiger partial charge in [0.15, 0.2) is 0 Å². The number of thioether (sulfide) groups is 1. The first-order valence-corrected chi connectivity index (χ1v) is 6.81. The van der Waals surface area contributed by atoms with Crippen LogP contribution in [0.1, 0.15) is 13.8 Å². The van der Waals surface area contributed by atoms with Gasteiger partial charge in [0.1, 0.15) is 5.75 Å². The fraction of sp³-hybridized carbons (Fsp3) is 0.214. The molecule has 0 fully saturated rings. The van der Waals surface area contributed by atoms with E-state index in [0.29, 0.717) is 0 Å². The summed E-state index contributed by atoms with van der Waals surface area (Å²) in [5.41, 5.74) is 1.94. The monoisotopic (exact) mass is 247 g/mol. The molecule has 0 atom stereocenters. The van der Waals surface area contributed by atoms with Crippen molar-refractivity contribution in [1.29, 1.82) is 0 Å². The van der Waals surface area contributed by atoms with Gasteiger partial charge in [0.2, 0.25) is 0 Å². The van der Waals surface area contributed by atoms with Gasteiger partial charge in [-0.3, -0.25) is 4.98 Å². The number of phenolic OH excluding ortho intramolecular Hbond substituents is 1. The molecular formula is C14H17NOS. The van der Waals surface area contributed by atoms with Crippen LogP contribution in [0.5, 0.6) is 5.75 Å². The van der Waals surface area contributed by atoms with E-state index in [-0.39, 0.29) is 5.75 Å². The lowest BCUT2D eigenvalue weighted by molar-refractivity contribution is 0.475. The van der Waals surface area contributed by atoms with Crippen molar-refractivity contribution in [3.8, 4) is 17.0 Å². The van der Waals surface area contributed by atoms with Crippen molar-refractivity contribution in [2.45, 2.75) is 18.7 Å². The van der Waals surface area contributed by atoms with Crippen molar-refractivity contribution in [3.05, 3.63) is 42.6 Å². The molecule has 1 heterocycles. The van der Waals surface area contributed by atoms with Gasteiger partial charge in [-0.15, -0.1) is 11.8 Å². The van der Waals surface area contributed by atoms with E-state index in [1.54, 1.807) is 23.9 Å². The molecule has 17 heavy (non-hydrogen) atoms. The largest absolute Gasteiger partial charge is 0.508 e. The number of pyridine rings is 1. The number of hydrogen-bond acceptors (Lipinski definition) is 3. The predicted octanol–water partition coefficient (Wildman–Crippen LogP) is 4.20. The maximum absolute atomic E-state index is 9.16. The number of phenols is 1. The first-order valence-electron chi connectivity index (χ1n) is 5.59. The van der Waals surface area contributed by atoms with Crippen LogP contribution in [-0.2, 0) is 0 Å². The second kappa shape index (κ2) is 6.97. The van der Waals surface area contributed by atoms with Gasteiger partial charge < -0.3 is 5.11 Å². The van der Waals surface area contributed by atoms with Crippen molar-refractivity contribution in [2.75, 3.05) is 6.26 Å². The number of aromatic hydroxyl groups is 1. The van der Waals surface area contributed by atoms with Crippen molar-refractivity contribution in [2.24, 2.45) is 0 Å². The van der Waals surface area contributed by atoms with Crippen LogP contribution in [0.15, 0.2) is 47.5 Å². The highest BCUT2D eigenvalue weighted by Crippen LogP contribution is 2.21. The van der Waals surface area contributed by atoms with E-state index in [1.807, 2.05) is 50.6 Å². The van der Waals surface area contributed by atoms with Gasteiger partial charge in [0, 0.05) is 16.7 Å². The Balaban J connectivity index is 0.000000686. The molecule has 3 heteroatoms. The van der Waals surface area contributed by atoms with E-state index in [4.69, 9.17) is 5.11 Å². The smallest absolute Gasteiger partial charge is 0.115 e. The number of rotatable bonds is 2. The molecule has 0 bridgehead atoms. The van der Waals surface area contributed by atoms with Crippen LogP contribution in [-0.4, -0.2) is 16.3 Å². The number of nitrogens with zero attached hydrogens (tertiary/aromatic N) is 1. The van der Waals surface area contributed by atoms with Gasteiger partial charge >= 0.3 is 0 Å². The molecule has 0 amide bonds. The minimum atomic E-state index is 0.277. The van der Waals surface area contributed by atoms with Gasteiger partial charge in [-0.05, 0) is 42.7 Å². The zero-order chi connectivity index (χ0) is 12.7. The maximum Gasteiger partial charge on any atom is 0.115 e. The zero-order valence-electron chi connectivity index (χ0n) is 10.3. The highest BCUT2D eigenvalue weighted by molar-refractivity contribution is 7.98. The van der Waals surface area contributed by atoms with Gasteiger partial charge in [0.05, 0.1) is 5.69 Å². The van der Waals surface area contributed by atoms with E-state index >= 15 is 0 Å². The highest BCUT2D eigenvalue weighted by Gasteiger charge is 1.99. The quantitative estimate of drug-likeness (QED) is 0.807. The summed E-state index contributed by atoms with van der Waals surface area (Å²) in [4.78, 5) is 5.50. The second-order valence-corrected chi connectivity index (χ2v) is 4.01. The Kier molecular flexibility index (Phi) is 5.57. The van der Waals surface area contributed by atoms with Crippen molar-refractivity contribution < 1.29 is 5.11 Å². The van der Waals surface area contributed by atoms with E-state index < -0.39 is 0 Å². The molecule has 1 aromatic carbocycles. The SMILES string of the molecule is CC.CSc1ccc(-c2ccc(O)cc2)nc1. The zero-order valence-corrected chi connectivity index (χ0v) is 11.2. The second-order valence-electron chi connectivity index (χ2n) is 3.13. The number of benzene rings is 1. The first kappa shape index (κ1) is 13.6. The Morgan fingerprint density at radius 3 is 2.12 bits per heavy atom. The Bertz CT molecular complexity index is 437. The molecule has 1 aromatic heterocycles. The lowest BCUT2D eigenvalue weighted by Gasteiger charge is -2.01. The third-order valence-corrected chi connectivity index (χ3v) is 2.85. The Labute approximate surface area is 107 Å². The molecule has 2 nitrogen and oxygen atoms in total. The minimum absolute atomic E-state index is 0.277. The lowest BCUT2D eigenvalue weighted by atomic mass is 10.1. The Hall–Kier alpha value is -1.48. The molecule has 2 aromatic rings. The first-order chi connectivity index (χ1) is 8.29. The van der Waals surface area contributed by atoms with Crippen LogP contribution in [0.2, 0.25) is 0 Å². The Morgan fingerprint density at radius 1 is 1.00 bits per heavy atom. The van der Waals surface area contributed by atoms with Crippen LogP contribution in [0, 0.1) is 0 Å². The van der Waals surface area contributed by atoms with E-state index in [9.17, 15) is 0 Å². The highest BCUT2D eigenvalue weighted by atomic mass is 32.2. The third-order valence-electron chi connectivity index (χ3n) is 2.14. The molecule has 1 N–H and O–H groups in total. The van der Waals surface area contributed by atoms with Crippen LogP contribution in [0.3, 0.4) is 0 Å². The summed E-state index contributed by atoms with van der Waals surface area (Å²) in [6.07, 6.45) is 3.88. The van der Waals surface area contributed by atoms with Crippen LogP contribution in [0.4, 0.5) is 0 Å². The molecule has 0 aliphatic rings. The minimum Gasteiger partial charge on any atom is -0.508 e. The van der Waals surface area contributed by atoms with Crippen LogP contribution < -0.4 is 0 Å². The molecule has 0 aliphatic carbocycles. The average Bonchev–Trinajstić information content (AvgIpc) is 2.42. The molecule has 0 unspecified atom stereocenters. The van der Waals surface area contributed by atoms with Crippen LogP contribution in [0.25, 0.3) is 11.3 Å². The Morgan fingerprint density at radius 2 is 1.65 bits per heavy atom. The summed E-state index contributed by atoms with van der Waals surface area (Å²) in [6, 6.07) is 11.1. The van der Waals surface area contributed by atoms with Gasteiger partial charge in [0.25, 0.3) is 0 Å². The van der Waals surface area contributed by atoms with Gasteiger partial charge in [-0.25, -0.2) is 0 Å². The lowest BCUT2D eigenvalue weighted by Crippen LogP contribution is -1.82. The molecular weight excluding hydrogens is 230 g/mol. The van der Waals surface area contributed by atoms with Crippen molar-refractivity contribution >= 4 is 11.8 Å². The maximum atomic E-state index is 9.16. The average molecular weight is 247 g/mol. The summed E-state index contributed by atoms with van der Waals surface area (Å²) < 4.78 is 0. The summed E-state index contributed by atoms with van der Waals surface area (Å²) in [5, 5.41) is 9.16. The fourth-order valence-corrected chi connectivity index (χ4v) is 1.67. The summed E-state index contributed by atoms with van der Waals surface area (Å²) >= 11 is 1.67. The standard InChI is InChI=1S/C12H11NOS.C2H6/c1-15-11-6-7-12(13-8-11)9-2-4-10(14)5-3-9;1-2/h2-8,14H,1H3;1-2H3. The molecule has 0 saturated carbocycles. The molecule has 0 radical (unpaired) electrons. The molecule has 0 aliphatic heterocycles. The number of hydrogen-bond donors (Lipinski definition) is 1. The molecule has 2 rings (SSSR count). The third kappa shape index (κ3) is 3.79. The van der Waals surface area contributed by atoms with Gasteiger partial charge in [-0.2, -0.15) is 0 Å². The van der Waals surface area contributed by atoms with Crippen LogP contribution >= 0.6 is 11.8 Å². The molecule has 0 saturated heterocycles. The summed E-state index contributed by atoms with van der Waals surface area (Å²) in [7, 11) is 0. The van der Waals surface area contributed by atoms with Gasteiger partial charge in [-0.1, -0.05) is 13.8 Å². The normalized spacial score (nSPS) is 9.35. The summed E-state index contributed by atoms with van der Waals surface area (Å²) in [6.45, 7) is 4.00. The van der Waals surface area contributed by atoms with Crippen molar-refractivity contribution in [1.82, 2.24) is 4.98 Å². The van der Waals surface area contributed by atoms with E-state index in [2.05, 4.69) is 4.98 Å². The summed E-state index contributed by atoms with van der Waals surface area (Å²) in [5.74, 6) is 0.277. The molecule has 90 valence electrons. The predicted molar refractivity (Wildman–Crippen MR) is 74.5 cm³/mol. The van der Waals surface area contributed by atoms with E-state index in [0.717, 1.165) is 16.2 Å².